The SMILES string of the molecule is OC1CCC(c2ccc3c(c2)CCCC3)CC1. The van der Waals surface area contributed by atoms with Gasteiger partial charge < -0.3 is 5.11 Å². The van der Waals surface area contributed by atoms with Gasteiger partial charge in [0.1, 0.15) is 0 Å². The van der Waals surface area contributed by atoms with Crippen molar-refractivity contribution in [3.05, 3.63) is 34.9 Å². The molecule has 0 spiro atoms. The lowest BCUT2D eigenvalue weighted by Crippen LogP contribution is -2.17. The van der Waals surface area contributed by atoms with Crippen LogP contribution in [0.4, 0.5) is 0 Å². The average molecular weight is 230 g/mol. The lowest BCUT2D eigenvalue weighted by atomic mass is 9.80. The minimum Gasteiger partial charge on any atom is -0.393 e. The molecule has 0 aromatic heterocycles. The third kappa shape index (κ3) is 2.40. The summed E-state index contributed by atoms with van der Waals surface area (Å²) >= 11 is 0. The van der Waals surface area contributed by atoms with E-state index in [0.29, 0.717) is 5.92 Å². The number of benzene rings is 1. The molecule has 0 heterocycles. The quantitative estimate of drug-likeness (QED) is 0.781. The van der Waals surface area contributed by atoms with Gasteiger partial charge >= 0.3 is 0 Å². The van der Waals surface area contributed by atoms with Crippen LogP contribution in [-0.2, 0) is 12.8 Å². The van der Waals surface area contributed by atoms with Gasteiger partial charge in [-0.1, -0.05) is 18.2 Å². The van der Waals surface area contributed by atoms with E-state index in [1.54, 1.807) is 11.1 Å². The van der Waals surface area contributed by atoms with E-state index in [4.69, 9.17) is 0 Å². The molecular weight excluding hydrogens is 208 g/mol. The minimum absolute atomic E-state index is 0.0381. The zero-order valence-electron chi connectivity index (χ0n) is 10.5. The predicted molar refractivity (Wildman–Crippen MR) is 70.3 cm³/mol. The molecule has 3 rings (SSSR count). The minimum atomic E-state index is -0.0381. The zero-order valence-corrected chi connectivity index (χ0v) is 10.5. The number of fused-ring (bicyclic) bond motifs is 1. The van der Waals surface area contributed by atoms with Crippen LogP contribution >= 0.6 is 0 Å². The fourth-order valence-corrected chi connectivity index (χ4v) is 3.42. The van der Waals surface area contributed by atoms with Crippen molar-refractivity contribution in [1.82, 2.24) is 0 Å². The van der Waals surface area contributed by atoms with Crippen LogP contribution < -0.4 is 0 Å². The van der Waals surface area contributed by atoms with E-state index >= 15 is 0 Å². The Hall–Kier alpha value is -0.820. The van der Waals surface area contributed by atoms with Crippen molar-refractivity contribution in [2.45, 2.75) is 63.4 Å². The molecule has 1 N–H and O–H groups in total. The fraction of sp³-hybridized carbons (Fsp3) is 0.625. The lowest BCUT2D eigenvalue weighted by molar-refractivity contribution is 0.122. The zero-order chi connectivity index (χ0) is 11.7. The monoisotopic (exact) mass is 230 g/mol. The molecule has 0 bridgehead atoms. The Morgan fingerprint density at radius 2 is 1.59 bits per heavy atom. The molecule has 1 aromatic carbocycles. The van der Waals surface area contributed by atoms with Gasteiger partial charge in [-0.05, 0) is 74.0 Å². The normalized spacial score (nSPS) is 28.8. The largest absolute Gasteiger partial charge is 0.393 e. The van der Waals surface area contributed by atoms with Gasteiger partial charge in [0.05, 0.1) is 6.10 Å². The van der Waals surface area contributed by atoms with Crippen LogP contribution in [0.3, 0.4) is 0 Å². The van der Waals surface area contributed by atoms with Gasteiger partial charge in [-0.3, -0.25) is 0 Å². The Labute approximate surface area is 104 Å². The Balaban J connectivity index is 1.79. The number of rotatable bonds is 1. The third-order valence-electron chi connectivity index (χ3n) is 4.54. The van der Waals surface area contributed by atoms with Crippen LogP contribution in [0.5, 0.6) is 0 Å². The van der Waals surface area contributed by atoms with Gasteiger partial charge in [0, 0.05) is 0 Å². The molecule has 1 saturated carbocycles. The molecule has 0 aliphatic heterocycles. The van der Waals surface area contributed by atoms with E-state index in [0.717, 1.165) is 12.8 Å². The first-order valence-corrected chi connectivity index (χ1v) is 7.13. The van der Waals surface area contributed by atoms with E-state index < -0.39 is 0 Å². The molecule has 1 nitrogen and oxygen atoms in total. The molecule has 0 radical (unpaired) electrons. The molecule has 1 heteroatoms. The van der Waals surface area contributed by atoms with Gasteiger partial charge in [0.15, 0.2) is 0 Å². The van der Waals surface area contributed by atoms with Crippen LogP contribution in [-0.4, -0.2) is 11.2 Å². The van der Waals surface area contributed by atoms with E-state index in [1.165, 1.54) is 44.1 Å². The van der Waals surface area contributed by atoms with E-state index in [1.807, 2.05) is 0 Å². The standard InChI is InChI=1S/C16H22O/c17-16-9-7-13(8-10-16)15-6-5-12-3-1-2-4-14(12)11-15/h5-6,11,13,16-17H,1-4,7-10H2. The van der Waals surface area contributed by atoms with Crippen LogP contribution in [0.25, 0.3) is 0 Å². The Morgan fingerprint density at radius 1 is 0.882 bits per heavy atom. The maximum atomic E-state index is 9.57. The van der Waals surface area contributed by atoms with Crippen LogP contribution in [0.15, 0.2) is 18.2 Å². The summed E-state index contributed by atoms with van der Waals surface area (Å²) in [7, 11) is 0. The van der Waals surface area contributed by atoms with Gasteiger partial charge in [-0.15, -0.1) is 0 Å². The Kier molecular flexibility index (Phi) is 3.19. The fourth-order valence-electron chi connectivity index (χ4n) is 3.42. The van der Waals surface area contributed by atoms with Crippen molar-refractivity contribution in [2.24, 2.45) is 0 Å². The average Bonchev–Trinajstić information content (AvgIpc) is 2.39. The van der Waals surface area contributed by atoms with Crippen molar-refractivity contribution in [3.63, 3.8) is 0 Å². The molecule has 2 aliphatic rings. The number of aliphatic hydroxyl groups excluding tert-OH is 1. The molecule has 92 valence electrons. The first-order chi connectivity index (χ1) is 8.33. The Bertz CT molecular complexity index is 389. The first kappa shape index (κ1) is 11.3. The maximum Gasteiger partial charge on any atom is 0.0540 e. The number of aryl methyl sites for hydroxylation is 2. The topological polar surface area (TPSA) is 20.2 Å². The van der Waals surface area contributed by atoms with E-state index in [9.17, 15) is 5.11 Å². The van der Waals surface area contributed by atoms with Crippen LogP contribution in [0.1, 0.15) is 61.1 Å². The number of hydrogen-bond donors (Lipinski definition) is 1. The van der Waals surface area contributed by atoms with Gasteiger partial charge in [0.25, 0.3) is 0 Å². The second-order valence-electron chi connectivity index (χ2n) is 5.74. The summed E-state index contributed by atoms with van der Waals surface area (Å²) < 4.78 is 0. The van der Waals surface area contributed by atoms with Gasteiger partial charge in [-0.2, -0.15) is 0 Å². The molecule has 2 aliphatic carbocycles. The number of hydrogen-bond acceptors (Lipinski definition) is 1. The molecular formula is C16H22O. The highest BCUT2D eigenvalue weighted by Gasteiger charge is 2.21. The molecule has 0 saturated heterocycles. The number of aliphatic hydroxyl groups is 1. The molecule has 1 aromatic rings. The summed E-state index contributed by atoms with van der Waals surface area (Å²) in [6.45, 7) is 0. The maximum absolute atomic E-state index is 9.57. The van der Waals surface area contributed by atoms with Crippen LogP contribution in [0, 0.1) is 0 Å². The van der Waals surface area contributed by atoms with Crippen molar-refractivity contribution >= 4 is 0 Å². The lowest BCUT2D eigenvalue weighted by Gasteiger charge is -2.27. The highest BCUT2D eigenvalue weighted by molar-refractivity contribution is 5.35. The molecule has 17 heavy (non-hydrogen) atoms. The first-order valence-electron chi connectivity index (χ1n) is 7.13. The smallest absolute Gasteiger partial charge is 0.0540 e. The van der Waals surface area contributed by atoms with E-state index in [2.05, 4.69) is 18.2 Å². The van der Waals surface area contributed by atoms with Gasteiger partial charge in [-0.25, -0.2) is 0 Å². The summed E-state index contributed by atoms with van der Waals surface area (Å²) in [5.41, 5.74) is 4.70. The summed E-state index contributed by atoms with van der Waals surface area (Å²) in [6.07, 6.45) is 9.55. The summed E-state index contributed by atoms with van der Waals surface area (Å²) in [5.74, 6) is 0.700. The van der Waals surface area contributed by atoms with Crippen molar-refractivity contribution in [1.29, 1.82) is 0 Å². The third-order valence-corrected chi connectivity index (χ3v) is 4.54. The predicted octanol–water partition coefficient (Wildman–Crippen LogP) is 3.58. The van der Waals surface area contributed by atoms with E-state index in [-0.39, 0.29) is 6.10 Å². The second-order valence-corrected chi connectivity index (χ2v) is 5.74. The summed E-state index contributed by atoms with van der Waals surface area (Å²) in [5, 5.41) is 9.57. The van der Waals surface area contributed by atoms with Gasteiger partial charge in [0.2, 0.25) is 0 Å². The second kappa shape index (κ2) is 4.81. The van der Waals surface area contributed by atoms with Crippen molar-refractivity contribution < 1.29 is 5.11 Å². The van der Waals surface area contributed by atoms with Crippen molar-refractivity contribution in [2.75, 3.05) is 0 Å². The molecule has 0 amide bonds. The molecule has 0 atom stereocenters. The molecule has 1 fully saturated rings. The van der Waals surface area contributed by atoms with Crippen LogP contribution in [0.2, 0.25) is 0 Å². The summed E-state index contributed by atoms with van der Waals surface area (Å²) in [4.78, 5) is 0. The highest BCUT2D eigenvalue weighted by Crippen LogP contribution is 2.34. The van der Waals surface area contributed by atoms with Crippen molar-refractivity contribution in [3.8, 4) is 0 Å². The molecule has 0 unspecified atom stereocenters. The highest BCUT2D eigenvalue weighted by atomic mass is 16.3. The Morgan fingerprint density at radius 3 is 2.35 bits per heavy atom. The summed E-state index contributed by atoms with van der Waals surface area (Å²) in [6, 6.07) is 7.15.